The van der Waals surface area contributed by atoms with Crippen LogP contribution in [0.15, 0.2) is 24.3 Å². The molecule has 0 heterocycles. The van der Waals surface area contributed by atoms with Crippen molar-refractivity contribution in [2.75, 3.05) is 13.1 Å². The van der Waals surface area contributed by atoms with E-state index >= 15 is 0 Å². The molecule has 0 saturated carbocycles. The normalized spacial score (nSPS) is 11.3. The van der Waals surface area contributed by atoms with Crippen molar-refractivity contribution in [2.45, 2.75) is 46.2 Å². The Hall–Kier alpha value is -1.59. The molecule has 1 rings (SSSR count). The lowest BCUT2D eigenvalue weighted by Gasteiger charge is -2.18. The lowest BCUT2D eigenvalue weighted by atomic mass is 10.1. The molecule has 1 aromatic carbocycles. The van der Waals surface area contributed by atoms with Gasteiger partial charge in [0.1, 0.15) is 0 Å². The van der Waals surface area contributed by atoms with Crippen LogP contribution < -0.4 is 11.1 Å². The van der Waals surface area contributed by atoms with Gasteiger partial charge in [-0.25, -0.2) is 0 Å². The number of hydrogen-bond acceptors (Lipinski definition) is 3. The van der Waals surface area contributed by atoms with Gasteiger partial charge in [-0.1, -0.05) is 25.5 Å². The van der Waals surface area contributed by atoms with Gasteiger partial charge in [0.2, 0.25) is 5.91 Å². The fraction of sp³-hybridized carbons (Fsp3) is 0.529. The van der Waals surface area contributed by atoms with E-state index in [4.69, 9.17) is 5.73 Å². The third-order valence-corrected chi connectivity index (χ3v) is 3.65. The first-order valence-corrected chi connectivity index (χ1v) is 7.94. The van der Waals surface area contributed by atoms with Crippen LogP contribution in [0.2, 0.25) is 0 Å². The minimum Gasteiger partial charge on any atom is -0.351 e. The maximum atomic E-state index is 12.2. The number of amides is 2. The number of carbonyl (C=O) groups is 2. The van der Waals surface area contributed by atoms with E-state index in [2.05, 4.69) is 5.32 Å². The molecule has 3 N–H and O–H groups in total. The topological polar surface area (TPSA) is 75.4 Å². The molecular formula is C17H28ClN3O2. The first kappa shape index (κ1) is 21.4. The standard InChI is InChI=1S/C17H27N3O2.ClH/c1-4-7-15(18)16(21)19-12-13-8-10-14(11-9-13)17(22)20(5-2)6-3;/h8-11,15H,4-7,12,18H2,1-3H3,(H,19,21);1H. The number of nitrogens with zero attached hydrogens (tertiary/aromatic N) is 1. The van der Waals surface area contributed by atoms with Crippen LogP contribution in [0.4, 0.5) is 0 Å². The summed E-state index contributed by atoms with van der Waals surface area (Å²) in [5.74, 6) is -0.101. The van der Waals surface area contributed by atoms with Crippen LogP contribution in [-0.4, -0.2) is 35.8 Å². The van der Waals surface area contributed by atoms with Gasteiger partial charge in [0.15, 0.2) is 0 Å². The lowest BCUT2D eigenvalue weighted by Crippen LogP contribution is -2.40. The van der Waals surface area contributed by atoms with Gasteiger partial charge in [-0.15, -0.1) is 12.4 Å². The third kappa shape index (κ3) is 6.59. The van der Waals surface area contributed by atoms with Crippen molar-refractivity contribution >= 4 is 24.2 Å². The van der Waals surface area contributed by atoms with Gasteiger partial charge >= 0.3 is 0 Å². The summed E-state index contributed by atoms with van der Waals surface area (Å²) in [7, 11) is 0. The second-order valence-corrected chi connectivity index (χ2v) is 5.29. The van der Waals surface area contributed by atoms with Gasteiger partial charge < -0.3 is 16.0 Å². The molecule has 0 fully saturated rings. The number of halogens is 1. The van der Waals surface area contributed by atoms with E-state index in [0.717, 1.165) is 12.0 Å². The second kappa shape index (κ2) is 11.0. The Labute approximate surface area is 145 Å². The molecule has 0 saturated heterocycles. The highest BCUT2D eigenvalue weighted by Gasteiger charge is 2.13. The van der Waals surface area contributed by atoms with Crippen molar-refractivity contribution in [2.24, 2.45) is 5.73 Å². The van der Waals surface area contributed by atoms with Gasteiger partial charge in [-0.3, -0.25) is 9.59 Å². The van der Waals surface area contributed by atoms with Gasteiger partial charge in [0, 0.05) is 25.2 Å². The third-order valence-electron chi connectivity index (χ3n) is 3.65. The zero-order chi connectivity index (χ0) is 16.5. The van der Waals surface area contributed by atoms with E-state index in [0.29, 0.717) is 31.6 Å². The maximum absolute atomic E-state index is 12.2. The molecule has 0 aromatic heterocycles. The fourth-order valence-electron chi connectivity index (χ4n) is 2.22. The largest absolute Gasteiger partial charge is 0.351 e. The molecule has 23 heavy (non-hydrogen) atoms. The quantitative estimate of drug-likeness (QED) is 0.762. The molecule has 130 valence electrons. The van der Waals surface area contributed by atoms with Crippen LogP contribution in [0.3, 0.4) is 0 Å². The molecule has 1 atom stereocenters. The average Bonchev–Trinajstić information content (AvgIpc) is 2.54. The van der Waals surface area contributed by atoms with E-state index in [-0.39, 0.29) is 24.2 Å². The molecule has 6 heteroatoms. The van der Waals surface area contributed by atoms with Crippen LogP contribution in [-0.2, 0) is 11.3 Å². The van der Waals surface area contributed by atoms with Crippen LogP contribution in [0, 0.1) is 0 Å². The molecule has 0 aliphatic carbocycles. The van der Waals surface area contributed by atoms with Crippen molar-refractivity contribution in [3.63, 3.8) is 0 Å². The Morgan fingerprint density at radius 2 is 1.70 bits per heavy atom. The summed E-state index contributed by atoms with van der Waals surface area (Å²) in [6.07, 6.45) is 1.57. The molecule has 0 aliphatic rings. The number of hydrogen-bond donors (Lipinski definition) is 2. The summed E-state index contributed by atoms with van der Waals surface area (Å²) in [6.45, 7) is 7.75. The molecule has 0 bridgehead atoms. The minimum atomic E-state index is -0.450. The van der Waals surface area contributed by atoms with Crippen molar-refractivity contribution < 1.29 is 9.59 Å². The second-order valence-electron chi connectivity index (χ2n) is 5.29. The first-order chi connectivity index (χ1) is 10.5. The molecule has 0 aliphatic heterocycles. The van der Waals surface area contributed by atoms with E-state index < -0.39 is 6.04 Å². The number of benzene rings is 1. The zero-order valence-corrected chi connectivity index (χ0v) is 15.0. The average molecular weight is 342 g/mol. The highest BCUT2D eigenvalue weighted by atomic mass is 35.5. The van der Waals surface area contributed by atoms with E-state index in [1.54, 1.807) is 17.0 Å². The van der Waals surface area contributed by atoms with E-state index in [9.17, 15) is 9.59 Å². The van der Waals surface area contributed by atoms with Gasteiger partial charge in [-0.2, -0.15) is 0 Å². The molecule has 1 unspecified atom stereocenters. The molecule has 0 radical (unpaired) electrons. The molecule has 5 nitrogen and oxygen atoms in total. The number of rotatable bonds is 8. The lowest BCUT2D eigenvalue weighted by molar-refractivity contribution is -0.122. The zero-order valence-electron chi connectivity index (χ0n) is 14.2. The highest BCUT2D eigenvalue weighted by molar-refractivity contribution is 5.94. The summed E-state index contributed by atoms with van der Waals surface area (Å²) in [5.41, 5.74) is 7.38. The van der Waals surface area contributed by atoms with Gasteiger partial charge in [0.05, 0.1) is 6.04 Å². The predicted octanol–water partition coefficient (Wildman–Crippen LogP) is 2.33. The van der Waals surface area contributed by atoms with Crippen molar-refractivity contribution in [3.05, 3.63) is 35.4 Å². The smallest absolute Gasteiger partial charge is 0.253 e. The predicted molar refractivity (Wildman–Crippen MR) is 95.7 cm³/mol. The summed E-state index contributed by atoms with van der Waals surface area (Å²) in [5, 5.41) is 2.82. The number of carbonyl (C=O) groups excluding carboxylic acids is 2. The van der Waals surface area contributed by atoms with Crippen molar-refractivity contribution in [1.29, 1.82) is 0 Å². The van der Waals surface area contributed by atoms with Crippen molar-refractivity contribution in [1.82, 2.24) is 10.2 Å². The Balaban J connectivity index is 0.00000484. The Morgan fingerprint density at radius 3 is 2.17 bits per heavy atom. The highest BCUT2D eigenvalue weighted by Crippen LogP contribution is 2.08. The van der Waals surface area contributed by atoms with Crippen molar-refractivity contribution in [3.8, 4) is 0 Å². The van der Waals surface area contributed by atoms with E-state index in [1.165, 1.54) is 0 Å². The maximum Gasteiger partial charge on any atom is 0.253 e. The molecular weight excluding hydrogens is 314 g/mol. The fourth-order valence-corrected chi connectivity index (χ4v) is 2.22. The summed E-state index contributed by atoms with van der Waals surface area (Å²) in [4.78, 5) is 25.7. The molecule has 0 spiro atoms. The van der Waals surface area contributed by atoms with Gasteiger partial charge in [-0.05, 0) is 38.0 Å². The summed E-state index contributed by atoms with van der Waals surface area (Å²) >= 11 is 0. The number of nitrogens with one attached hydrogen (secondary N) is 1. The van der Waals surface area contributed by atoms with Crippen LogP contribution in [0.5, 0.6) is 0 Å². The number of nitrogens with two attached hydrogens (primary N) is 1. The molecule has 1 aromatic rings. The van der Waals surface area contributed by atoms with Crippen LogP contribution in [0.25, 0.3) is 0 Å². The SMILES string of the molecule is CCCC(N)C(=O)NCc1ccc(C(=O)N(CC)CC)cc1.Cl. The molecule has 2 amide bonds. The monoisotopic (exact) mass is 341 g/mol. The Morgan fingerprint density at radius 1 is 1.13 bits per heavy atom. The Bertz CT molecular complexity index is 487. The summed E-state index contributed by atoms with van der Waals surface area (Å²) < 4.78 is 0. The summed E-state index contributed by atoms with van der Waals surface area (Å²) in [6, 6.07) is 6.88. The van der Waals surface area contributed by atoms with Crippen LogP contribution in [0.1, 0.15) is 49.5 Å². The first-order valence-electron chi connectivity index (χ1n) is 7.94. The van der Waals surface area contributed by atoms with Gasteiger partial charge in [0.25, 0.3) is 5.91 Å². The Kier molecular flexibility index (Phi) is 10.3. The minimum absolute atomic E-state index is 0. The van der Waals surface area contributed by atoms with E-state index in [1.807, 2.05) is 32.9 Å². The van der Waals surface area contributed by atoms with Crippen LogP contribution >= 0.6 is 12.4 Å².